The number of rotatable bonds is 4. The lowest BCUT2D eigenvalue weighted by Crippen LogP contribution is -2.29. The molecular weight excluding hydrogens is 455 g/mol. The quantitative estimate of drug-likeness (QED) is 0.343. The van der Waals surface area contributed by atoms with Crippen LogP contribution in [0.5, 0.6) is 0 Å². The Bertz CT molecular complexity index is 1320. The van der Waals surface area contributed by atoms with Crippen LogP contribution in [0.25, 0.3) is 5.69 Å². The molecule has 2 aromatic carbocycles. The van der Waals surface area contributed by atoms with Crippen molar-refractivity contribution in [1.82, 2.24) is 14.9 Å². The number of hydrogen-bond donors (Lipinski definition) is 1. The Morgan fingerprint density at radius 1 is 0.970 bits per heavy atom. The van der Waals surface area contributed by atoms with Gasteiger partial charge in [-0.15, -0.1) is 0 Å². The van der Waals surface area contributed by atoms with Crippen molar-refractivity contribution in [2.24, 2.45) is 0 Å². The number of aryl methyl sites for hydroxylation is 1. The van der Waals surface area contributed by atoms with E-state index in [0.717, 1.165) is 34.0 Å². The van der Waals surface area contributed by atoms with Crippen LogP contribution in [0.1, 0.15) is 34.7 Å². The van der Waals surface area contributed by atoms with E-state index in [-0.39, 0.29) is 17.9 Å². The molecule has 1 aliphatic rings. The zero-order valence-electron chi connectivity index (χ0n) is 18.2. The lowest BCUT2D eigenvalue weighted by molar-refractivity contribution is 0.565. The van der Waals surface area contributed by atoms with Gasteiger partial charge >= 0.3 is 0 Å². The van der Waals surface area contributed by atoms with Crippen LogP contribution in [0.2, 0.25) is 5.02 Å². The van der Waals surface area contributed by atoms with Gasteiger partial charge in [0.1, 0.15) is 5.82 Å². The first kappa shape index (κ1) is 21.6. The Kier molecular flexibility index (Phi) is 5.64. The first-order valence-electron chi connectivity index (χ1n) is 10.6. The highest BCUT2D eigenvalue weighted by Crippen LogP contribution is 2.43. The van der Waals surface area contributed by atoms with Gasteiger partial charge in [-0.2, -0.15) is 0 Å². The molecule has 2 atom stereocenters. The number of benzene rings is 2. The predicted octanol–water partition coefficient (Wildman–Crippen LogP) is 6.46. The van der Waals surface area contributed by atoms with Crippen molar-refractivity contribution in [2.75, 3.05) is 4.90 Å². The fourth-order valence-corrected chi connectivity index (χ4v) is 5.12. The van der Waals surface area contributed by atoms with Crippen LogP contribution in [-0.4, -0.2) is 14.7 Å². The molecule has 1 aliphatic heterocycles. The molecule has 0 radical (unpaired) electrons. The average Bonchev–Trinajstić information content (AvgIpc) is 3.30. The van der Waals surface area contributed by atoms with Crippen LogP contribution in [0, 0.1) is 19.7 Å². The highest BCUT2D eigenvalue weighted by molar-refractivity contribution is 7.80. The smallest absolute Gasteiger partial charge is 0.174 e. The van der Waals surface area contributed by atoms with E-state index in [1.807, 2.05) is 55.5 Å². The molecule has 7 heteroatoms. The second-order valence-electron chi connectivity index (χ2n) is 8.11. The normalized spacial score (nSPS) is 17.9. The van der Waals surface area contributed by atoms with Crippen molar-refractivity contribution in [3.05, 3.63) is 112 Å². The van der Waals surface area contributed by atoms with E-state index in [2.05, 4.69) is 32.8 Å². The van der Waals surface area contributed by atoms with Gasteiger partial charge in [0, 0.05) is 34.0 Å². The summed E-state index contributed by atoms with van der Waals surface area (Å²) in [7, 11) is 0. The number of halogens is 2. The van der Waals surface area contributed by atoms with E-state index >= 15 is 0 Å². The zero-order valence-corrected chi connectivity index (χ0v) is 19.7. The maximum absolute atomic E-state index is 14.0. The van der Waals surface area contributed by atoms with Gasteiger partial charge in [0.2, 0.25) is 0 Å². The molecule has 1 N–H and O–H groups in total. The summed E-state index contributed by atoms with van der Waals surface area (Å²) >= 11 is 12.0. The summed E-state index contributed by atoms with van der Waals surface area (Å²) in [5, 5.41) is 4.76. The molecule has 2 aromatic heterocycles. The van der Waals surface area contributed by atoms with E-state index in [4.69, 9.17) is 23.8 Å². The molecular formula is C26H22ClFN4S. The van der Waals surface area contributed by atoms with Gasteiger partial charge in [-0.05, 0) is 92.3 Å². The van der Waals surface area contributed by atoms with Gasteiger partial charge in [0.25, 0.3) is 0 Å². The Labute approximate surface area is 202 Å². The number of pyridine rings is 1. The Hall–Kier alpha value is -3.22. The number of nitrogens with zero attached hydrogens (tertiary/aromatic N) is 3. The molecule has 1 saturated heterocycles. The molecule has 0 unspecified atom stereocenters. The van der Waals surface area contributed by atoms with Crippen LogP contribution in [0.4, 0.5) is 10.1 Å². The van der Waals surface area contributed by atoms with E-state index < -0.39 is 0 Å². The largest absolute Gasteiger partial charge is 0.351 e. The Balaban J connectivity index is 1.68. The SMILES string of the molecule is Cc1cc([C@H]2[C@@H](c3ccccn3)NC(=S)N2c2ccc(Cl)cc2)c(C)n1-c1cccc(F)c1. The number of anilines is 1. The van der Waals surface area contributed by atoms with E-state index in [1.165, 1.54) is 6.07 Å². The van der Waals surface area contributed by atoms with Crippen LogP contribution >= 0.6 is 23.8 Å². The van der Waals surface area contributed by atoms with Crippen LogP contribution in [0.15, 0.2) is 79.0 Å². The van der Waals surface area contributed by atoms with Gasteiger partial charge < -0.3 is 14.8 Å². The van der Waals surface area contributed by atoms with E-state index in [0.29, 0.717) is 10.1 Å². The minimum atomic E-state index is -0.264. The summed E-state index contributed by atoms with van der Waals surface area (Å²) < 4.78 is 16.1. The fourth-order valence-electron chi connectivity index (χ4n) is 4.65. The lowest BCUT2D eigenvalue weighted by Gasteiger charge is -2.28. The van der Waals surface area contributed by atoms with Crippen molar-refractivity contribution < 1.29 is 4.39 Å². The van der Waals surface area contributed by atoms with Crippen LogP contribution in [0.3, 0.4) is 0 Å². The minimum Gasteiger partial charge on any atom is -0.351 e. The number of hydrogen-bond acceptors (Lipinski definition) is 2. The van der Waals surface area contributed by atoms with Crippen molar-refractivity contribution in [2.45, 2.75) is 25.9 Å². The summed E-state index contributed by atoms with van der Waals surface area (Å²) in [6.07, 6.45) is 1.79. The van der Waals surface area contributed by atoms with Crippen molar-refractivity contribution in [3.63, 3.8) is 0 Å². The first-order valence-corrected chi connectivity index (χ1v) is 11.4. The summed E-state index contributed by atoms with van der Waals surface area (Å²) in [5.74, 6) is -0.264. The highest BCUT2D eigenvalue weighted by atomic mass is 35.5. The van der Waals surface area contributed by atoms with Crippen molar-refractivity contribution in [3.8, 4) is 5.69 Å². The molecule has 33 heavy (non-hydrogen) atoms. The molecule has 1 fully saturated rings. The standard InChI is InChI=1S/C26H22ClFN4S/c1-16-14-22(17(2)31(16)21-7-5-6-19(28)15-21)25-24(23-8-3-4-13-29-23)30-26(33)32(25)20-11-9-18(27)10-12-20/h3-15,24-25H,1-2H3,(H,30,33)/t24-,25+/m1/s1. The van der Waals surface area contributed by atoms with E-state index in [1.54, 1.807) is 18.3 Å². The Morgan fingerprint density at radius 2 is 1.76 bits per heavy atom. The third-order valence-corrected chi connectivity index (χ3v) is 6.62. The molecule has 4 nitrogen and oxygen atoms in total. The fraction of sp³-hybridized carbons (Fsp3) is 0.154. The second-order valence-corrected chi connectivity index (χ2v) is 8.94. The zero-order chi connectivity index (χ0) is 23.1. The first-order chi connectivity index (χ1) is 15.9. The molecule has 3 heterocycles. The van der Waals surface area contributed by atoms with Gasteiger partial charge in [-0.1, -0.05) is 23.7 Å². The molecule has 0 amide bonds. The van der Waals surface area contributed by atoms with E-state index in [9.17, 15) is 4.39 Å². The molecule has 0 bridgehead atoms. The second kappa shape index (κ2) is 8.61. The van der Waals surface area contributed by atoms with Gasteiger partial charge in [0.05, 0.1) is 17.8 Å². The van der Waals surface area contributed by atoms with Gasteiger partial charge in [-0.3, -0.25) is 4.98 Å². The molecule has 4 aromatic rings. The summed E-state index contributed by atoms with van der Waals surface area (Å²) in [6.45, 7) is 4.09. The lowest BCUT2D eigenvalue weighted by atomic mass is 9.96. The maximum Gasteiger partial charge on any atom is 0.174 e. The molecule has 0 saturated carbocycles. The number of thiocarbonyl (C=S) groups is 1. The van der Waals surface area contributed by atoms with Gasteiger partial charge in [-0.25, -0.2) is 4.39 Å². The monoisotopic (exact) mass is 476 g/mol. The summed E-state index contributed by atoms with van der Waals surface area (Å²) in [6, 6.07) is 22.0. The summed E-state index contributed by atoms with van der Waals surface area (Å²) in [4.78, 5) is 6.73. The maximum atomic E-state index is 14.0. The topological polar surface area (TPSA) is 33.1 Å². The third kappa shape index (κ3) is 3.90. The molecule has 0 aliphatic carbocycles. The van der Waals surface area contributed by atoms with Gasteiger partial charge in [0.15, 0.2) is 5.11 Å². The number of nitrogens with one attached hydrogen (secondary N) is 1. The summed E-state index contributed by atoms with van der Waals surface area (Å²) in [5.41, 5.74) is 5.76. The predicted molar refractivity (Wildman–Crippen MR) is 135 cm³/mol. The molecule has 166 valence electrons. The minimum absolute atomic E-state index is 0.151. The molecule has 0 spiro atoms. The van der Waals surface area contributed by atoms with Crippen LogP contribution < -0.4 is 10.2 Å². The Morgan fingerprint density at radius 3 is 2.45 bits per heavy atom. The average molecular weight is 477 g/mol. The third-order valence-electron chi connectivity index (χ3n) is 6.06. The number of aromatic nitrogens is 2. The highest BCUT2D eigenvalue weighted by Gasteiger charge is 2.42. The van der Waals surface area contributed by atoms with Crippen LogP contribution in [-0.2, 0) is 0 Å². The van der Waals surface area contributed by atoms with Crippen molar-refractivity contribution >= 4 is 34.6 Å². The molecule has 5 rings (SSSR count). The van der Waals surface area contributed by atoms with Crippen molar-refractivity contribution in [1.29, 1.82) is 0 Å².